The maximum atomic E-state index is 11.3. The van der Waals surface area contributed by atoms with Crippen molar-refractivity contribution in [1.29, 1.82) is 0 Å². The molecule has 0 spiro atoms. The second-order valence-electron chi connectivity index (χ2n) is 3.66. The Labute approximate surface area is 103 Å². The van der Waals surface area contributed by atoms with E-state index < -0.39 is 0 Å². The molecule has 0 saturated carbocycles. The number of fused-ring (bicyclic) bond motifs is 1. The summed E-state index contributed by atoms with van der Waals surface area (Å²) in [5.41, 5.74) is 2.02. The highest BCUT2D eigenvalue weighted by Crippen LogP contribution is 2.29. The predicted molar refractivity (Wildman–Crippen MR) is 66.5 cm³/mol. The summed E-state index contributed by atoms with van der Waals surface area (Å²) in [4.78, 5) is 15.5. The molecule has 0 aliphatic carbocycles. The Bertz CT molecular complexity index is 593. The minimum atomic E-state index is -0.0684. The van der Waals surface area contributed by atoms with Crippen LogP contribution in [0.4, 0.5) is 0 Å². The number of Topliss-reactive ketones (excluding diaryl/α,β-unsaturated/α-hetero) is 1. The summed E-state index contributed by atoms with van der Waals surface area (Å²) in [5, 5.41) is 1.92. The molecule has 0 aliphatic heterocycles. The van der Waals surface area contributed by atoms with Crippen molar-refractivity contribution in [3.63, 3.8) is 0 Å². The standard InChI is InChI=1S/C12H9Cl2NO/c1-6-3-10(7(2)16)15-11-5-8(13)4-9(14)12(6)11/h3-5H,1-2H3. The van der Waals surface area contributed by atoms with E-state index in [1.165, 1.54) is 6.92 Å². The molecule has 0 saturated heterocycles. The molecule has 0 N–H and O–H groups in total. The molecule has 0 amide bonds. The third kappa shape index (κ3) is 1.91. The first-order valence-corrected chi connectivity index (χ1v) is 5.52. The van der Waals surface area contributed by atoms with Crippen molar-refractivity contribution in [3.05, 3.63) is 39.5 Å². The Morgan fingerprint density at radius 2 is 1.94 bits per heavy atom. The van der Waals surface area contributed by atoms with Crippen LogP contribution in [0.5, 0.6) is 0 Å². The van der Waals surface area contributed by atoms with Crippen LogP contribution in [0.1, 0.15) is 23.0 Å². The quantitative estimate of drug-likeness (QED) is 0.718. The topological polar surface area (TPSA) is 30.0 Å². The van der Waals surface area contributed by atoms with E-state index in [4.69, 9.17) is 23.2 Å². The highest BCUT2D eigenvalue weighted by Gasteiger charge is 2.09. The summed E-state index contributed by atoms with van der Waals surface area (Å²) in [7, 11) is 0. The zero-order valence-corrected chi connectivity index (χ0v) is 10.4. The van der Waals surface area contributed by atoms with Gasteiger partial charge in [-0.25, -0.2) is 4.98 Å². The van der Waals surface area contributed by atoms with Crippen LogP contribution in [0, 0.1) is 6.92 Å². The van der Waals surface area contributed by atoms with Gasteiger partial charge in [-0.05, 0) is 30.7 Å². The van der Waals surface area contributed by atoms with E-state index in [0.29, 0.717) is 21.3 Å². The van der Waals surface area contributed by atoms with E-state index in [0.717, 1.165) is 10.9 Å². The second kappa shape index (κ2) is 4.04. The Morgan fingerprint density at radius 1 is 1.25 bits per heavy atom. The van der Waals surface area contributed by atoms with E-state index in [2.05, 4.69) is 4.98 Å². The maximum Gasteiger partial charge on any atom is 0.178 e. The Morgan fingerprint density at radius 3 is 2.56 bits per heavy atom. The average Bonchev–Trinajstić information content (AvgIpc) is 2.15. The molecule has 2 rings (SSSR count). The van der Waals surface area contributed by atoms with Crippen LogP contribution < -0.4 is 0 Å². The second-order valence-corrected chi connectivity index (χ2v) is 4.51. The number of ketones is 1. The average molecular weight is 254 g/mol. The van der Waals surface area contributed by atoms with Crippen LogP contribution in [-0.2, 0) is 0 Å². The highest BCUT2D eigenvalue weighted by molar-refractivity contribution is 6.38. The van der Waals surface area contributed by atoms with Gasteiger partial charge in [0.15, 0.2) is 5.78 Å². The molecule has 4 heteroatoms. The highest BCUT2D eigenvalue weighted by atomic mass is 35.5. The molecular formula is C12H9Cl2NO. The van der Waals surface area contributed by atoms with Gasteiger partial charge < -0.3 is 0 Å². The molecule has 2 nitrogen and oxygen atoms in total. The fourth-order valence-electron chi connectivity index (χ4n) is 1.66. The van der Waals surface area contributed by atoms with Gasteiger partial charge in [0.2, 0.25) is 0 Å². The summed E-state index contributed by atoms with van der Waals surface area (Å²) >= 11 is 12.0. The summed E-state index contributed by atoms with van der Waals surface area (Å²) < 4.78 is 0. The number of aromatic nitrogens is 1. The van der Waals surface area contributed by atoms with E-state index in [9.17, 15) is 4.79 Å². The molecule has 1 aromatic carbocycles. The van der Waals surface area contributed by atoms with Crippen LogP contribution in [0.2, 0.25) is 10.0 Å². The van der Waals surface area contributed by atoms with E-state index in [1.807, 2.05) is 6.92 Å². The molecule has 0 aliphatic rings. The lowest BCUT2D eigenvalue weighted by atomic mass is 10.1. The minimum Gasteiger partial charge on any atom is -0.293 e. The number of benzene rings is 1. The SMILES string of the molecule is CC(=O)c1cc(C)c2c(Cl)cc(Cl)cc2n1. The van der Waals surface area contributed by atoms with Gasteiger partial charge in [-0.15, -0.1) is 0 Å². The van der Waals surface area contributed by atoms with Gasteiger partial charge in [0.25, 0.3) is 0 Å². The number of carbonyl (C=O) groups excluding carboxylic acids is 1. The number of aryl methyl sites for hydroxylation is 1. The van der Waals surface area contributed by atoms with Gasteiger partial charge in [0, 0.05) is 17.3 Å². The van der Waals surface area contributed by atoms with Gasteiger partial charge in [0.1, 0.15) is 5.69 Å². The first-order valence-electron chi connectivity index (χ1n) is 4.76. The number of halogens is 2. The largest absolute Gasteiger partial charge is 0.293 e. The van der Waals surface area contributed by atoms with Crippen LogP contribution in [-0.4, -0.2) is 10.8 Å². The van der Waals surface area contributed by atoms with Gasteiger partial charge in [0.05, 0.1) is 10.5 Å². The fraction of sp³-hybridized carbons (Fsp3) is 0.167. The maximum absolute atomic E-state index is 11.3. The summed E-state index contributed by atoms with van der Waals surface area (Å²) in [5.74, 6) is -0.0684. The molecule has 1 heterocycles. The molecule has 1 aromatic heterocycles. The summed E-state index contributed by atoms with van der Waals surface area (Å²) in [6, 6.07) is 5.13. The van der Waals surface area contributed by atoms with Crippen molar-refractivity contribution in [2.45, 2.75) is 13.8 Å². The number of hydrogen-bond acceptors (Lipinski definition) is 2. The van der Waals surface area contributed by atoms with Gasteiger partial charge in [-0.2, -0.15) is 0 Å². The number of rotatable bonds is 1. The number of carbonyl (C=O) groups is 1. The molecule has 0 atom stereocenters. The summed E-state index contributed by atoms with van der Waals surface area (Å²) in [6.45, 7) is 3.38. The zero-order chi connectivity index (χ0) is 11.9. The van der Waals surface area contributed by atoms with Crippen molar-refractivity contribution >= 4 is 39.9 Å². The normalized spacial score (nSPS) is 10.8. The van der Waals surface area contributed by atoms with Gasteiger partial charge in [-0.3, -0.25) is 4.79 Å². The first kappa shape index (κ1) is 11.4. The van der Waals surface area contributed by atoms with Crippen molar-refractivity contribution < 1.29 is 4.79 Å². The predicted octanol–water partition coefficient (Wildman–Crippen LogP) is 4.05. The van der Waals surface area contributed by atoms with Crippen molar-refractivity contribution in [2.75, 3.05) is 0 Å². The third-order valence-electron chi connectivity index (χ3n) is 2.38. The van der Waals surface area contributed by atoms with Crippen LogP contribution in [0.25, 0.3) is 10.9 Å². The lowest BCUT2D eigenvalue weighted by Crippen LogP contribution is -1.98. The van der Waals surface area contributed by atoms with E-state index >= 15 is 0 Å². The number of nitrogens with zero attached hydrogens (tertiary/aromatic N) is 1. The van der Waals surface area contributed by atoms with Crippen molar-refractivity contribution in [2.24, 2.45) is 0 Å². The molecule has 16 heavy (non-hydrogen) atoms. The lowest BCUT2D eigenvalue weighted by molar-refractivity contribution is 0.101. The van der Waals surface area contributed by atoms with Gasteiger partial charge in [-0.1, -0.05) is 23.2 Å². The molecular weight excluding hydrogens is 245 g/mol. The Balaban J connectivity index is 2.87. The third-order valence-corrected chi connectivity index (χ3v) is 2.90. The number of pyridine rings is 1. The van der Waals surface area contributed by atoms with Crippen molar-refractivity contribution in [3.8, 4) is 0 Å². The van der Waals surface area contributed by atoms with Crippen LogP contribution in [0.15, 0.2) is 18.2 Å². The summed E-state index contributed by atoms with van der Waals surface area (Å²) in [6.07, 6.45) is 0. The van der Waals surface area contributed by atoms with Crippen LogP contribution in [0.3, 0.4) is 0 Å². The minimum absolute atomic E-state index is 0.0684. The molecule has 0 unspecified atom stereocenters. The zero-order valence-electron chi connectivity index (χ0n) is 8.84. The smallest absolute Gasteiger partial charge is 0.178 e. The van der Waals surface area contributed by atoms with Gasteiger partial charge >= 0.3 is 0 Å². The van der Waals surface area contributed by atoms with E-state index in [-0.39, 0.29) is 5.78 Å². The molecule has 82 valence electrons. The van der Waals surface area contributed by atoms with Crippen molar-refractivity contribution in [1.82, 2.24) is 4.98 Å². The first-order chi connectivity index (χ1) is 7.49. The monoisotopic (exact) mass is 253 g/mol. The van der Waals surface area contributed by atoms with E-state index in [1.54, 1.807) is 18.2 Å². The molecule has 0 radical (unpaired) electrons. The molecule has 0 fully saturated rings. The Kier molecular flexibility index (Phi) is 2.87. The van der Waals surface area contributed by atoms with Crippen LogP contribution >= 0.6 is 23.2 Å². The fourth-order valence-corrected chi connectivity index (χ4v) is 2.29. The molecule has 2 aromatic rings. The molecule has 0 bridgehead atoms. The Hall–Kier alpha value is -1.12. The number of hydrogen-bond donors (Lipinski definition) is 0. The lowest BCUT2D eigenvalue weighted by Gasteiger charge is -2.06.